The normalized spacial score (nSPS) is 8.66. The van der Waals surface area contributed by atoms with Crippen molar-refractivity contribution in [2.75, 3.05) is 0 Å². The van der Waals surface area contributed by atoms with Crippen molar-refractivity contribution in [1.82, 2.24) is 4.57 Å². The Labute approximate surface area is 247 Å². The molecule has 38 heavy (non-hydrogen) atoms. The zero-order valence-electron chi connectivity index (χ0n) is 23.0. The molecule has 222 valence electrons. The Kier molecular flexibility index (Phi) is 25.2. The van der Waals surface area contributed by atoms with Crippen LogP contribution in [0.5, 0.6) is 0 Å². The zero-order valence-corrected chi connectivity index (χ0v) is 24.6. The van der Waals surface area contributed by atoms with Gasteiger partial charge in [0.05, 0.1) is 0 Å². The molecule has 0 N–H and O–H groups in total. The summed E-state index contributed by atoms with van der Waals surface area (Å²) in [5.74, 6) is 2.03. The lowest BCUT2D eigenvalue weighted by atomic mass is 10.3. The lowest BCUT2D eigenvalue weighted by Crippen LogP contribution is -1.92. The molecule has 4 heterocycles. The van der Waals surface area contributed by atoms with Gasteiger partial charge in [-0.1, -0.05) is 37.1 Å². The number of aryl methyl sites for hydroxylation is 11. The first kappa shape index (κ1) is 45.9. The molecule has 0 aliphatic rings. The number of hydrogen-bond donors (Lipinski definition) is 0. The van der Waals surface area contributed by atoms with E-state index in [0.29, 0.717) is 0 Å². The minimum absolute atomic E-state index is 0. The molecule has 4 aromatic rings. The second-order valence-electron chi connectivity index (χ2n) is 8.90. The standard InChI is InChI=1S/C8H13N.C7H10O.2C7H10S.5CH4/c1-6-5-7(2)9(4)8(6)3;3*1-5-4-6(2)8-7(5)3;;;;;/h5H,1-4H3;3*4H,1-3H3;5*1H4. The fourth-order valence-corrected chi connectivity index (χ4v) is 5.19. The second kappa shape index (κ2) is 20.9. The van der Waals surface area contributed by atoms with Crippen molar-refractivity contribution >= 4 is 22.7 Å². The van der Waals surface area contributed by atoms with Crippen LogP contribution in [0.25, 0.3) is 0 Å². The Bertz CT molecular complexity index is 966. The van der Waals surface area contributed by atoms with E-state index in [0.717, 1.165) is 11.5 Å². The summed E-state index contributed by atoms with van der Waals surface area (Å²) in [6.07, 6.45) is 0. The number of rotatable bonds is 0. The minimum atomic E-state index is 0. The molecular formula is C34H63NOS2. The van der Waals surface area contributed by atoms with Crippen LogP contribution in [0, 0.1) is 83.1 Å². The maximum atomic E-state index is 5.21. The van der Waals surface area contributed by atoms with Gasteiger partial charge in [0.2, 0.25) is 0 Å². The molecule has 0 aliphatic heterocycles. The molecule has 0 aliphatic carbocycles. The van der Waals surface area contributed by atoms with Gasteiger partial charge in [0.15, 0.2) is 0 Å². The monoisotopic (exact) mass is 565 g/mol. The third kappa shape index (κ3) is 14.8. The van der Waals surface area contributed by atoms with Gasteiger partial charge >= 0.3 is 0 Å². The van der Waals surface area contributed by atoms with E-state index in [9.17, 15) is 0 Å². The lowest BCUT2D eigenvalue weighted by molar-refractivity contribution is 0.502. The average molecular weight is 566 g/mol. The van der Waals surface area contributed by atoms with E-state index in [1.54, 1.807) is 0 Å². The third-order valence-electron chi connectivity index (χ3n) is 5.90. The van der Waals surface area contributed by atoms with Crippen LogP contribution in [0.3, 0.4) is 0 Å². The van der Waals surface area contributed by atoms with Gasteiger partial charge in [-0.05, 0) is 130 Å². The number of hydrogen-bond acceptors (Lipinski definition) is 3. The Hall–Kier alpha value is -2.04. The van der Waals surface area contributed by atoms with Gasteiger partial charge in [0.1, 0.15) is 11.5 Å². The van der Waals surface area contributed by atoms with E-state index in [-0.39, 0.29) is 37.1 Å². The predicted molar refractivity (Wildman–Crippen MR) is 183 cm³/mol. The van der Waals surface area contributed by atoms with Gasteiger partial charge in [0.25, 0.3) is 0 Å². The molecule has 0 amide bonds. The molecular weight excluding hydrogens is 503 g/mol. The summed E-state index contributed by atoms with van der Waals surface area (Å²) in [6.45, 7) is 25.3. The van der Waals surface area contributed by atoms with E-state index in [2.05, 4.69) is 92.1 Å². The summed E-state index contributed by atoms with van der Waals surface area (Å²) in [7, 11) is 2.09. The highest BCUT2D eigenvalue weighted by Crippen LogP contribution is 2.19. The second-order valence-corrected chi connectivity index (χ2v) is 11.8. The Balaban J connectivity index is -0.000000122. The van der Waals surface area contributed by atoms with E-state index in [1.165, 1.54) is 53.2 Å². The molecule has 0 aromatic carbocycles. The van der Waals surface area contributed by atoms with E-state index in [4.69, 9.17) is 4.42 Å². The molecule has 0 unspecified atom stereocenters. The average Bonchev–Trinajstić information content (AvgIpc) is 3.35. The Morgan fingerprint density at radius 2 is 0.921 bits per heavy atom. The predicted octanol–water partition coefficient (Wildman–Crippen LogP) is 12.7. The molecule has 0 saturated carbocycles. The highest BCUT2D eigenvalue weighted by molar-refractivity contribution is 7.12. The fourth-order valence-electron chi connectivity index (χ4n) is 3.32. The van der Waals surface area contributed by atoms with Gasteiger partial charge < -0.3 is 8.98 Å². The molecule has 0 radical (unpaired) electrons. The number of thiophene rings is 2. The molecule has 0 atom stereocenters. The quantitative estimate of drug-likeness (QED) is 0.207. The van der Waals surface area contributed by atoms with Gasteiger partial charge in [-0.3, -0.25) is 0 Å². The lowest BCUT2D eigenvalue weighted by Gasteiger charge is -1.97. The Morgan fingerprint density at radius 3 is 1.00 bits per heavy atom. The SMILES string of the molecule is C.C.C.C.C.Cc1cc(C)c(C)o1.Cc1cc(C)c(C)s1.Cc1cc(C)c(C)s1.Cc1cc(C)n(C)c1C. The van der Waals surface area contributed by atoms with Gasteiger partial charge in [-0.25, -0.2) is 0 Å². The van der Waals surface area contributed by atoms with Gasteiger partial charge in [-0.2, -0.15) is 0 Å². The molecule has 0 fully saturated rings. The van der Waals surface area contributed by atoms with Crippen LogP contribution in [0.4, 0.5) is 0 Å². The number of nitrogens with zero attached hydrogens (tertiary/aromatic N) is 1. The molecule has 2 nitrogen and oxygen atoms in total. The van der Waals surface area contributed by atoms with Crippen molar-refractivity contribution in [2.45, 2.75) is 120 Å². The van der Waals surface area contributed by atoms with Crippen LogP contribution in [0.15, 0.2) is 28.7 Å². The summed E-state index contributed by atoms with van der Waals surface area (Å²) in [6, 6.07) is 8.69. The molecule has 4 aromatic heterocycles. The molecule has 0 bridgehead atoms. The zero-order chi connectivity index (χ0) is 25.5. The number of aromatic nitrogens is 1. The summed E-state index contributed by atoms with van der Waals surface area (Å²) in [5, 5.41) is 0. The summed E-state index contributed by atoms with van der Waals surface area (Å²) in [4.78, 5) is 5.73. The van der Waals surface area contributed by atoms with Crippen LogP contribution >= 0.6 is 22.7 Å². The van der Waals surface area contributed by atoms with Crippen LogP contribution in [0.2, 0.25) is 0 Å². The van der Waals surface area contributed by atoms with E-state index in [1.807, 2.05) is 49.5 Å². The first-order valence-corrected chi connectivity index (χ1v) is 13.1. The van der Waals surface area contributed by atoms with Crippen LogP contribution in [-0.4, -0.2) is 4.57 Å². The smallest absolute Gasteiger partial charge is 0.103 e. The summed E-state index contributed by atoms with van der Waals surface area (Å²) < 4.78 is 7.42. The fraction of sp³-hybridized carbons (Fsp3) is 0.529. The van der Waals surface area contributed by atoms with Crippen LogP contribution in [-0.2, 0) is 7.05 Å². The van der Waals surface area contributed by atoms with Crippen molar-refractivity contribution in [1.29, 1.82) is 0 Å². The first-order chi connectivity index (χ1) is 15.2. The van der Waals surface area contributed by atoms with E-state index >= 15 is 0 Å². The maximum Gasteiger partial charge on any atom is 0.103 e. The van der Waals surface area contributed by atoms with Gasteiger partial charge in [-0.15, -0.1) is 22.7 Å². The van der Waals surface area contributed by atoms with Crippen molar-refractivity contribution < 1.29 is 4.42 Å². The molecule has 0 saturated heterocycles. The highest BCUT2D eigenvalue weighted by atomic mass is 32.1. The van der Waals surface area contributed by atoms with Crippen molar-refractivity contribution in [3.8, 4) is 0 Å². The third-order valence-corrected chi connectivity index (χ3v) is 8.03. The largest absolute Gasteiger partial charge is 0.466 e. The minimum Gasteiger partial charge on any atom is -0.466 e. The Morgan fingerprint density at radius 1 is 0.526 bits per heavy atom. The van der Waals surface area contributed by atoms with Crippen LogP contribution in [0.1, 0.15) is 102 Å². The first-order valence-electron chi connectivity index (χ1n) is 11.4. The summed E-state index contributed by atoms with van der Waals surface area (Å²) in [5.41, 5.74) is 8.18. The van der Waals surface area contributed by atoms with Crippen LogP contribution < -0.4 is 0 Å². The van der Waals surface area contributed by atoms with Crippen molar-refractivity contribution in [2.24, 2.45) is 7.05 Å². The van der Waals surface area contributed by atoms with Crippen molar-refractivity contribution in [3.05, 3.63) is 88.9 Å². The number of furan rings is 1. The molecule has 4 rings (SSSR count). The van der Waals surface area contributed by atoms with E-state index < -0.39 is 0 Å². The van der Waals surface area contributed by atoms with Crippen molar-refractivity contribution in [3.63, 3.8) is 0 Å². The molecule has 4 heteroatoms. The molecule has 0 spiro atoms. The topological polar surface area (TPSA) is 18.1 Å². The summed E-state index contributed by atoms with van der Waals surface area (Å²) >= 11 is 3.74. The highest BCUT2D eigenvalue weighted by Gasteiger charge is 1.99. The maximum absolute atomic E-state index is 5.21. The van der Waals surface area contributed by atoms with Gasteiger partial charge in [0, 0.05) is 37.9 Å².